The van der Waals surface area contributed by atoms with Crippen LogP contribution in [0.3, 0.4) is 0 Å². The van der Waals surface area contributed by atoms with Gasteiger partial charge in [-0.15, -0.1) is 0 Å². The third-order valence-corrected chi connectivity index (χ3v) is 5.68. The van der Waals surface area contributed by atoms with Gasteiger partial charge in [-0.2, -0.15) is 0 Å². The van der Waals surface area contributed by atoms with Crippen LogP contribution in [0, 0.1) is 5.41 Å². The van der Waals surface area contributed by atoms with Crippen molar-refractivity contribution >= 4 is 46.1 Å². The van der Waals surface area contributed by atoms with Crippen LogP contribution in [0.4, 0.5) is 0 Å². The Hall–Kier alpha value is -1.52. The fourth-order valence-electron chi connectivity index (χ4n) is 4.23. The van der Waals surface area contributed by atoms with E-state index in [1.807, 2.05) is 13.0 Å². The zero-order valence-electron chi connectivity index (χ0n) is 18.6. The number of unbranched alkanes of at least 4 members (excludes halogenated alkanes) is 3. The molecule has 0 unspecified atom stereocenters. The van der Waals surface area contributed by atoms with Crippen molar-refractivity contribution in [3.05, 3.63) is 34.1 Å². The van der Waals surface area contributed by atoms with Crippen LogP contribution in [0.1, 0.15) is 93.5 Å². The molecule has 1 aliphatic carbocycles. The minimum Gasteiger partial charge on any atom is -0.466 e. The first-order valence-electron chi connectivity index (χ1n) is 10.7. The predicted octanol–water partition coefficient (Wildman–Crippen LogP) is 6.97. The van der Waals surface area contributed by atoms with Gasteiger partial charge in [-0.25, -0.2) is 0 Å². The van der Waals surface area contributed by atoms with E-state index in [1.54, 1.807) is 6.92 Å². The molecular formula is C24H33Cl2NO3. The summed E-state index contributed by atoms with van der Waals surface area (Å²) in [5, 5.41) is 1.02. The van der Waals surface area contributed by atoms with Crippen molar-refractivity contribution < 1.29 is 14.3 Å². The molecule has 166 valence electrons. The number of hydrogen-bond donors (Lipinski definition) is 0. The molecule has 1 aromatic heterocycles. The first kappa shape index (κ1) is 24.7. The largest absolute Gasteiger partial charge is 0.466 e. The lowest BCUT2D eigenvalue weighted by molar-refractivity contribution is -0.143. The van der Waals surface area contributed by atoms with Gasteiger partial charge in [0.2, 0.25) is 0 Å². The lowest BCUT2D eigenvalue weighted by Gasteiger charge is -2.30. The van der Waals surface area contributed by atoms with Crippen molar-refractivity contribution in [2.75, 3.05) is 6.61 Å². The molecule has 0 radical (unpaired) electrons. The number of ether oxygens (including phenoxy) is 1. The summed E-state index contributed by atoms with van der Waals surface area (Å²) < 4.78 is 7.14. The molecular weight excluding hydrogens is 421 g/mol. The van der Waals surface area contributed by atoms with E-state index < -0.39 is 0 Å². The summed E-state index contributed by atoms with van der Waals surface area (Å²) in [5.41, 5.74) is 3.26. The normalized spacial score (nSPS) is 15.8. The number of carbonyl (C=O) groups is 2. The average Bonchev–Trinajstić information content (AvgIpc) is 2.89. The topological polar surface area (TPSA) is 48.3 Å². The van der Waals surface area contributed by atoms with E-state index in [2.05, 4.69) is 25.0 Å². The number of rotatable bonds is 10. The zero-order valence-corrected chi connectivity index (χ0v) is 20.1. The van der Waals surface area contributed by atoms with Gasteiger partial charge in [0.1, 0.15) is 0 Å². The molecule has 0 aromatic carbocycles. The molecule has 0 bridgehead atoms. The Morgan fingerprint density at radius 1 is 1.20 bits per heavy atom. The third-order valence-electron chi connectivity index (χ3n) is 5.39. The van der Waals surface area contributed by atoms with Crippen LogP contribution in [0.15, 0.2) is 11.6 Å². The summed E-state index contributed by atoms with van der Waals surface area (Å²) in [6.45, 7) is 13.0. The molecule has 6 heteroatoms. The summed E-state index contributed by atoms with van der Waals surface area (Å²) in [5.74, 6) is 0.00379. The van der Waals surface area contributed by atoms with Crippen molar-refractivity contribution in [2.45, 2.75) is 79.2 Å². The minimum absolute atomic E-state index is 0.0955. The van der Waals surface area contributed by atoms with Crippen LogP contribution in [0.25, 0.3) is 11.1 Å². The molecule has 0 amide bonds. The smallest absolute Gasteiger partial charge is 0.305 e. The molecule has 0 aliphatic heterocycles. The summed E-state index contributed by atoms with van der Waals surface area (Å²) in [6.07, 6.45) is 7.30. The Kier molecular flexibility index (Phi) is 8.81. The van der Waals surface area contributed by atoms with Crippen LogP contribution < -0.4 is 0 Å². The standard InChI is InChI=1S/C24H33Cl2NO3/c1-6-30-21(29)11-9-7-8-10-12-27-19-14-24(4,5)15-20(28)22(19)18(13-16(2)25)23(27)17(3)26/h13H,3,6-12,14-15H2,1-2,4-5H3. The molecule has 0 saturated carbocycles. The van der Waals surface area contributed by atoms with Gasteiger partial charge in [0, 0.05) is 41.2 Å². The molecule has 1 heterocycles. The lowest BCUT2D eigenvalue weighted by Crippen LogP contribution is -2.28. The van der Waals surface area contributed by atoms with E-state index in [9.17, 15) is 9.59 Å². The second-order valence-electron chi connectivity index (χ2n) is 8.78. The number of Topliss-reactive ketones (excluding diaryl/α,β-unsaturated/α-hetero) is 1. The number of carbonyl (C=O) groups excluding carboxylic acids is 2. The minimum atomic E-state index is -0.133. The maximum atomic E-state index is 13.0. The molecule has 0 spiro atoms. The third kappa shape index (κ3) is 6.24. The highest BCUT2D eigenvalue weighted by atomic mass is 35.5. The van der Waals surface area contributed by atoms with Crippen molar-refractivity contribution in [1.29, 1.82) is 0 Å². The van der Waals surface area contributed by atoms with Gasteiger partial charge in [-0.1, -0.05) is 56.5 Å². The van der Waals surface area contributed by atoms with Crippen molar-refractivity contribution in [3.63, 3.8) is 0 Å². The molecule has 30 heavy (non-hydrogen) atoms. The number of fused-ring (bicyclic) bond motifs is 1. The van der Waals surface area contributed by atoms with E-state index in [-0.39, 0.29) is 17.2 Å². The number of halogens is 2. The molecule has 0 N–H and O–H groups in total. The second kappa shape index (κ2) is 10.7. The second-order valence-corrected chi connectivity index (χ2v) is 9.83. The average molecular weight is 454 g/mol. The Balaban J connectivity index is 2.24. The van der Waals surface area contributed by atoms with E-state index >= 15 is 0 Å². The molecule has 1 aromatic rings. The molecule has 0 saturated heterocycles. The number of hydrogen-bond acceptors (Lipinski definition) is 3. The van der Waals surface area contributed by atoms with E-state index in [4.69, 9.17) is 27.9 Å². The Morgan fingerprint density at radius 3 is 2.47 bits per heavy atom. The van der Waals surface area contributed by atoms with E-state index in [1.165, 1.54) is 0 Å². The molecule has 4 nitrogen and oxygen atoms in total. The Labute approximate surface area is 190 Å². The van der Waals surface area contributed by atoms with Crippen LogP contribution in [0.5, 0.6) is 0 Å². The SMILES string of the molecule is C=C(Cl)c1c(C=C(C)Cl)c2c(n1CCCCCCC(=O)OCC)CC(C)(C)CC2=O. The summed E-state index contributed by atoms with van der Waals surface area (Å²) in [7, 11) is 0. The summed E-state index contributed by atoms with van der Waals surface area (Å²) >= 11 is 12.6. The number of nitrogens with zero attached hydrogens (tertiary/aromatic N) is 1. The maximum absolute atomic E-state index is 13.0. The molecule has 0 fully saturated rings. The van der Waals surface area contributed by atoms with Gasteiger partial charge in [-0.05, 0) is 44.6 Å². The van der Waals surface area contributed by atoms with Gasteiger partial charge >= 0.3 is 5.97 Å². The van der Waals surface area contributed by atoms with Gasteiger partial charge in [0.15, 0.2) is 5.78 Å². The van der Waals surface area contributed by atoms with Gasteiger partial charge in [0.25, 0.3) is 0 Å². The van der Waals surface area contributed by atoms with Crippen LogP contribution in [-0.2, 0) is 22.5 Å². The monoisotopic (exact) mass is 453 g/mol. The van der Waals surface area contributed by atoms with Crippen LogP contribution in [0.2, 0.25) is 0 Å². The van der Waals surface area contributed by atoms with Crippen molar-refractivity contribution in [3.8, 4) is 0 Å². The van der Waals surface area contributed by atoms with Gasteiger partial charge in [-0.3, -0.25) is 9.59 Å². The highest BCUT2D eigenvalue weighted by molar-refractivity contribution is 6.48. The Bertz CT molecular complexity index is 845. The highest BCUT2D eigenvalue weighted by Gasteiger charge is 2.37. The van der Waals surface area contributed by atoms with Crippen molar-refractivity contribution in [1.82, 2.24) is 4.57 Å². The van der Waals surface area contributed by atoms with Gasteiger partial charge in [0.05, 0.1) is 17.3 Å². The summed E-state index contributed by atoms with van der Waals surface area (Å²) in [4.78, 5) is 24.5. The lowest BCUT2D eigenvalue weighted by atomic mass is 9.75. The van der Waals surface area contributed by atoms with Gasteiger partial charge < -0.3 is 9.30 Å². The fraction of sp³-hybridized carbons (Fsp3) is 0.583. The predicted molar refractivity (Wildman–Crippen MR) is 125 cm³/mol. The number of esters is 1. The number of ketones is 1. The molecule has 1 aliphatic rings. The summed E-state index contributed by atoms with van der Waals surface area (Å²) in [6, 6.07) is 0. The quantitative estimate of drug-likeness (QED) is 0.283. The Morgan fingerprint density at radius 2 is 1.87 bits per heavy atom. The highest BCUT2D eigenvalue weighted by Crippen LogP contribution is 2.42. The molecule has 0 atom stereocenters. The zero-order chi connectivity index (χ0) is 22.5. The van der Waals surface area contributed by atoms with E-state index in [0.29, 0.717) is 29.5 Å². The van der Waals surface area contributed by atoms with Crippen LogP contribution >= 0.6 is 23.2 Å². The maximum Gasteiger partial charge on any atom is 0.305 e. The van der Waals surface area contributed by atoms with Crippen molar-refractivity contribution in [2.24, 2.45) is 5.41 Å². The first-order chi connectivity index (χ1) is 14.1. The van der Waals surface area contributed by atoms with Crippen LogP contribution in [-0.4, -0.2) is 22.9 Å². The fourth-order valence-corrected chi connectivity index (χ4v) is 4.54. The molecule has 2 rings (SSSR count). The first-order valence-corrected chi connectivity index (χ1v) is 11.5. The number of aromatic nitrogens is 1. The number of allylic oxidation sites excluding steroid dienone is 1. The van der Waals surface area contributed by atoms with E-state index in [0.717, 1.165) is 61.2 Å².